The predicted molar refractivity (Wildman–Crippen MR) is 32.9 cm³/mol. The number of hydrogen-bond donors (Lipinski definition) is 0. The van der Waals surface area contributed by atoms with Crippen LogP contribution in [0.4, 0.5) is 0 Å². The van der Waals surface area contributed by atoms with Crippen LogP contribution in [-0.4, -0.2) is 18.0 Å². The van der Waals surface area contributed by atoms with Crippen LogP contribution >= 0.6 is 0 Å². The van der Waals surface area contributed by atoms with E-state index < -0.39 is 0 Å². The quantitative estimate of drug-likeness (QED) is 0.522. The van der Waals surface area contributed by atoms with Crippen LogP contribution in [0, 0.1) is 7.05 Å². The van der Waals surface area contributed by atoms with Crippen molar-refractivity contribution in [3.8, 4) is 0 Å². The summed E-state index contributed by atoms with van der Waals surface area (Å²) in [5.74, 6) is 0. The van der Waals surface area contributed by atoms with Gasteiger partial charge >= 0.3 is 0 Å². The van der Waals surface area contributed by atoms with Gasteiger partial charge in [0.2, 0.25) is 0 Å². The Kier molecular flexibility index (Phi) is 11.9. The van der Waals surface area contributed by atoms with Crippen LogP contribution in [0.15, 0.2) is 0 Å². The fraction of sp³-hybridized carbons (Fsp3) is 0.833. The summed E-state index contributed by atoms with van der Waals surface area (Å²) < 4.78 is 0. The van der Waals surface area contributed by atoms with Crippen molar-refractivity contribution >= 4 is 0 Å². The van der Waals surface area contributed by atoms with Gasteiger partial charge in [-0.25, -0.2) is 0 Å². The van der Waals surface area contributed by atoms with Gasteiger partial charge in [-0.2, -0.15) is 0 Å². The molecule has 0 aromatic carbocycles. The van der Waals surface area contributed by atoms with Gasteiger partial charge in [0.15, 0.2) is 0 Å². The van der Waals surface area contributed by atoms with E-state index in [0.29, 0.717) is 0 Å². The molecule has 1 heterocycles. The Balaban J connectivity index is 0. The van der Waals surface area contributed by atoms with Crippen LogP contribution in [0.5, 0.6) is 0 Å². The molecule has 0 aliphatic carbocycles. The molecular formula is C6H14NY-. The molecule has 1 radical (unpaired) electrons. The van der Waals surface area contributed by atoms with E-state index in [4.69, 9.17) is 0 Å². The van der Waals surface area contributed by atoms with Gasteiger partial charge in [-0.05, 0) is 19.5 Å². The third-order valence-electron chi connectivity index (χ3n) is 0.949. The van der Waals surface area contributed by atoms with Crippen molar-refractivity contribution in [2.45, 2.75) is 20.3 Å². The zero-order valence-electron chi connectivity index (χ0n) is 5.85. The zero-order valence-corrected chi connectivity index (χ0v) is 8.69. The largest absolute Gasteiger partial charge is 0.459 e. The minimum atomic E-state index is 0. The van der Waals surface area contributed by atoms with Crippen molar-refractivity contribution in [1.82, 2.24) is 4.90 Å². The van der Waals surface area contributed by atoms with E-state index in [0.717, 1.165) is 0 Å². The van der Waals surface area contributed by atoms with Crippen molar-refractivity contribution < 1.29 is 32.7 Å². The summed E-state index contributed by atoms with van der Waals surface area (Å²) in [5.41, 5.74) is 0. The minimum absolute atomic E-state index is 0. The van der Waals surface area contributed by atoms with E-state index in [1.807, 2.05) is 13.8 Å². The molecule has 1 saturated heterocycles. The minimum Gasteiger partial charge on any atom is -0.459 e. The maximum Gasteiger partial charge on any atom is 0 e. The van der Waals surface area contributed by atoms with Crippen molar-refractivity contribution in [3.05, 3.63) is 7.05 Å². The topological polar surface area (TPSA) is 3.24 Å². The summed E-state index contributed by atoms with van der Waals surface area (Å²) in [5, 5.41) is 0. The van der Waals surface area contributed by atoms with E-state index in [-0.39, 0.29) is 32.7 Å². The molecule has 1 aliphatic rings. The third-order valence-corrected chi connectivity index (χ3v) is 0.949. The summed E-state index contributed by atoms with van der Waals surface area (Å²) in [7, 11) is 3.68. The van der Waals surface area contributed by atoms with Crippen molar-refractivity contribution in [3.63, 3.8) is 0 Å². The summed E-state index contributed by atoms with van der Waals surface area (Å²) in [6, 6.07) is 0. The average molecular weight is 189 g/mol. The molecule has 0 aromatic heterocycles. The molecule has 0 unspecified atom stereocenters. The Labute approximate surface area is 77.7 Å². The van der Waals surface area contributed by atoms with Crippen molar-refractivity contribution in [2.24, 2.45) is 0 Å². The van der Waals surface area contributed by atoms with Crippen molar-refractivity contribution in [2.75, 3.05) is 13.1 Å². The summed E-state index contributed by atoms with van der Waals surface area (Å²) in [6.07, 6.45) is 1.35. The van der Waals surface area contributed by atoms with Crippen LogP contribution in [0.25, 0.3) is 0 Å². The Morgan fingerprint density at radius 1 is 1.25 bits per heavy atom. The molecule has 0 spiro atoms. The smallest absolute Gasteiger partial charge is 0 e. The molecule has 0 N–H and O–H groups in total. The van der Waals surface area contributed by atoms with Gasteiger partial charge in [0.25, 0.3) is 0 Å². The van der Waals surface area contributed by atoms with Crippen LogP contribution < -0.4 is 0 Å². The molecule has 0 saturated carbocycles. The van der Waals surface area contributed by atoms with Gasteiger partial charge in [-0.1, -0.05) is 13.8 Å². The summed E-state index contributed by atoms with van der Waals surface area (Å²) in [6.45, 7) is 6.42. The molecular weight excluding hydrogens is 175 g/mol. The van der Waals surface area contributed by atoms with Crippen LogP contribution in [0.3, 0.4) is 0 Å². The van der Waals surface area contributed by atoms with E-state index in [1.165, 1.54) is 19.5 Å². The third kappa shape index (κ3) is 5.21. The Hall–Kier alpha value is 1.06. The van der Waals surface area contributed by atoms with Crippen LogP contribution in [0.1, 0.15) is 20.3 Å². The molecule has 1 rings (SSSR count). The van der Waals surface area contributed by atoms with E-state index in [9.17, 15) is 0 Å². The zero-order chi connectivity index (χ0) is 5.70. The van der Waals surface area contributed by atoms with E-state index >= 15 is 0 Å². The second-order valence-corrected chi connectivity index (χ2v) is 1.47. The average Bonchev–Trinajstić information content (AvgIpc) is 1.68. The molecule has 0 atom stereocenters. The Bertz CT molecular complexity index is 35.5. The number of nitrogens with zero attached hydrogens (tertiary/aromatic N) is 1. The van der Waals surface area contributed by atoms with Gasteiger partial charge in [-0.3, -0.25) is 7.05 Å². The molecule has 2 heteroatoms. The van der Waals surface area contributed by atoms with Gasteiger partial charge < -0.3 is 4.90 Å². The maximum absolute atomic E-state index is 3.68. The van der Waals surface area contributed by atoms with Gasteiger partial charge in [0.1, 0.15) is 0 Å². The fourth-order valence-corrected chi connectivity index (χ4v) is 0.382. The molecule has 8 heavy (non-hydrogen) atoms. The number of rotatable bonds is 0. The maximum atomic E-state index is 3.68. The summed E-state index contributed by atoms with van der Waals surface area (Å²) >= 11 is 0. The monoisotopic (exact) mass is 189 g/mol. The van der Waals surface area contributed by atoms with Gasteiger partial charge in [-0.15, -0.1) is 0 Å². The molecule has 1 aliphatic heterocycles. The van der Waals surface area contributed by atoms with Gasteiger partial charge in [0, 0.05) is 32.7 Å². The second kappa shape index (κ2) is 8.06. The summed E-state index contributed by atoms with van der Waals surface area (Å²) in [4.78, 5) is 2.06. The molecule has 0 aromatic rings. The predicted octanol–water partition coefficient (Wildman–Crippen LogP) is 1.51. The van der Waals surface area contributed by atoms with E-state index in [2.05, 4.69) is 11.9 Å². The normalized spacial score (nSPS) is 16.9. The molecule has 47 valence electrons. The first-order chi connectivity index (χ1) is 3.39. The molecule has 0 amide bonds. The number of likely N-dealkylation sites (tertiary alicyclic amines) is 1. The first-order valence-electron chi connectivity index (χ1n) is 2.95. The van der Waals surface area contributed by atoms with Crippen molar-refractivity contribution in [1.29, 1.82) is 0 Å². The van der Waals surface area contributed by atoms with Gasteiger partial charge in [0.05, 0.1) is 0 Å². The van der Waals surface area contributed by atoms with E-state index in [1.54, 1.807) is 0 Å². The fourth-order valence-electron chi connectivity index (χ4n) is 0.382. The molecule has 1 fully saturated rings. The molecule has 1 nitrogen and oxygen atoms in total. The van der Waals surface area contributed by atoms with Crippen LogP contribution in [-0.2, 0) is 32.7 Å². The first kappa shape index (κ1) is 11.8. The molecule has 0 bridgehead atoms. The van der Waals surface area contributed by atoms with Crippen LogP contribution in [0.2, 0.25) is 0 Å². The first-order valence-corrected chi connectivity index (χ1v) is 2.95. The standard InChI is InChI=1S/C4H8N.C2H6.Y/c1-5-3-2-4-5;1-2;/h1-4H2;1-2H3;/q-1;;. The second-order valence-electron chi connectivity index (χ2n) is 1.47. The Morgan fingerprint density at radius 2 is 1.50 bits per heavy atom. The number of hydrogen-bond acceptors (Lipinski definition) is 1. The SMILES string of the molecule is CC.[CH2-]N1CCC1.[Y]. The Morgan fingerprint density at radius 3 is 1.50 bits per heavy atom.